The molecule has 1 aromatic carbocycles. The van der Waals surface area contributed by atoms with Gasteiger partial charge < -0.3 is 5.32 Å². The number of benzene rings is 1. The van der Waals surface area contributed by atoms with Crippen LogP contribution in [-0.2, 0) is 9.05 Å². The molecule has 0 radical (unpaired) electrons. The highest BCUT2D eigenvalue weighted by Crippen LogP contribution is 2.19. The molecule has 1 rings (SSSR count). The summed E-state index contributed by atoms with van der Waals surface area (Å²) in [6.07, 6.45) is 0.888. The number of hydrogen-bond acceptors (Lipinski definition) is 3. The zero-order valence-electron chi connectivity index (χ0n) is 12.1. The smallest absolute Gasteiger partial charge is 0.261 e. The predicted molar refractivity (Wildman–Crippen MR) is 80.6 cm³/mol. The highest BCUT2D eigenvalue weighted by atomic mass is 35.7. The van der Waals surface area contributed by atoms with Gasteiger partial charge in [-0.25, -0.2) is 8.42 Å². The minimum Gasteiger partial charge on any atom is -0.350 e. The quantitative estimate of drug-likeness (QED) is 0.849. The second kappa shape index (κ2) is 6.59. The minimum absolute atomic E-state index is 0.00319. The van der Waals surface area contributed by atoms with Gasteiger partial charge >= 0.3 is 0 Å². The summed E-state index contributed by atoms with van der Waals surface area (Å²) < 4.78 is 22.5. The molecule has 20 heavy (non-hydrogen) atoms. The van der Waals surface area contributed by atoms with Gasteiger partial charge in [-0.2, -0.15) is 0 Å². The average molecular weight is 318 g/mol. The summed E-state index contributed by atoms with van der Waals surface area (Å²) in [6.45, 7) is 7.82. The summed E-state index contributed by atoms with van der Waals surface area (Å²) in [5.74, 6) is 0.296. The van der Waals surface area contributed by atoms with Gasteiger partial charge in [0.1, 0.15) is 0 Å². The Morgan fingerprint density at radius 2 is 1.90 bits per heavy atom. The normalized spacial score (nSPS) is 13.3. The fraction of sp³-hybridized carbons (Fsp3) is 0.500. The van der Waals surface area contributed by atoms with Crippen LogP contribution < -0.4 is 5.32 Å². The average Bonchev–Trinajstić information content (AvgIpc) is 2.25. The van der Waals surface area contributed by atoms with Gasteiger partial charge in [0.15, 0.2) is 0 Å². The molecular weight excluding hydrogens is 298 g/mol. The maximum Gasteiger partial charge on any atom is 0.261 e. The van der Waals surface area contributed by atoms with Crippen molar-refractivity contribution in [1.29, 1.82) is 0 Å². The van der Waals surface area contributed by atoms with Gasteiger partial charge in [0.2, 0.25) is 0 Å². The molecule has 0 aliphatic carbocycles. The Balaban J connectivity index is 2.90. The Kier molecular flexibility index (Phi) is 5.59. The van der Waals surface area contributed by atoms with Crippen LogP contribution in [0, 0.1) is 12.8 Å². The van der Waals surface area contributed by atoms with Crippen LogP contribution in [0.15, 0.2) is 23.1 Å². The molecule has 1 amide bonds. The number of aryl methyl sites for hydroxylation is 1. The first-order chi connectivity index (χ1) is 9.11. The molecule has 0 aliphatic rings. The number of rotatable bonds is 5. The Bertz CT molecular complexity index is 596. The molecule has 0 aliphatic heterocycles. The first kappa shape index (κ1) is 17.0. The van der Waals surface area contributed by atoms with E-state index in [0.717, 1.165) is 6.42 Å². The summed E-state index contributed by atoms with van der Waals surface area (Å²) in [6, 6.07) is 4.31. The molecule has 1 atom stereocenters. The monoisotopic (exact) mass is 317 g/mol. The highest BCUT2D eigenvalue weighted by molar-refractivity contribution is 8.13. The Morgan fingerprint density at radius 3 is 2.35 bits per heavy atom. The third-order valence-corrected chi connectivity index (χ3v) is 4.28. The van der Waals surface area contributed by atoms with Crippen molar-refractivity contribution < 1.29 is 13.2 Å². The van der Waals surface area contributed by atoms with Crippen molar-refractivity contribution in [3.05, 3.63) is 29.3 Å². The topological polar surface area (TPSA) is 63.2 Å². The Morgan fingerprint density at radius 1 is 1.30 bits per heavy atom. The van der Waals surface area contributed by atoms with Crippen molar-refractivity contribution in [2.75, 3.05) is 0 Å². The second-order valence-electron chi connectivity index (χ2n) is 5.42. The van der Waals surface area contributed by atoms with Crippen molar-refractivity contribution in [2.24, 2.45) is 5.92 Å². The molecule has 6 heteroatoms. The van der Waals surface area contributed by atoms with E-state index >= 15 is 0 Å². The van der Waals surface area contributed by atoms with Crippen molar-refractivity contribution in [2.45, 2.75) is 45.1 Å². The number of amides is 1. The number of carbonyl (C=O) groups is 1. The van der Waals surface area contributed by atoms with E-state index in [1.165, 1.54) is 18.2 Å². The number of halogens is 1. The van der Waals surface area contributed by atoms with Gasteiger partial charge in [0.25, 0.3) is 15.0 Å². The van der Waals surface area contributed by atoms with Crippen LogP contribution in [0.5, 0.6) is 0 Å². The maximum absolute atomic E-state index is 12.1. The van der Waals surface area contributed by atoms with Gasteiger partial charge in [-0.15, -0.1) is 0 Å². The second-order valence-corrected chi connectivity index (χ2v) is 7.98. The van der Waals surface area contributed by atoms with Gasteiger partial charge in [0.05, 0.1) is 4.90 Å². The molecule has 0 spiro atoms. The van der Waals surface area contributed by atoms with Gasteiger partial charge in [0, 0.05) is 22.3 Å². The molecule has 0 bridgehead atoms. The molecule has 0 fully saturated rings. The van der Waals surface area contributed by atoms with E-state index in [1.807, 2.05) is 6.92 Å². The zero-order valence-corrected chi connectivity index (χ0v) is 13.7. The lowest BCUT2D eigenvalue weighted by Gasteiger charge is -2.16. The number of nitrogens with one attached hydrogen (secondary N) is 1. The maximum atomic E-state index is 12.1. The number of carbonyl (C=O) groups excluding carboxylic acids is 1. The fourth-order valence-corrected chi connectivity index (χ4v) is 2.95. The number of hydrogen-bond donors (Lipinski definition) is 1. The van der Waals surface area contributed by atoms with Crippen molar-refractivity contribution in [3.63, 3.8) is 0 Å². The fourth-order valence-electron chi connectivity index (χ4n) is 2.11. The lowest BCUT2D eigenvalue weighted by molar-refractivity contribution is 0.0935. The first-order valence-electron chi connectivity index (χ1n) is 6.47. The van der Waals surface area contributed by atoms with Crippen LogP contribution in [0.25, 0.3) is 0 Å². The van der Waals surface area contributed by atoms with Crippen LogP contribution in [0.4, 0.5) is 0 Å². The summed E-state index contributed by atoms with van der Waals surface area (Å²) in [5, 5.41) is 2.91. The van der Waals surface area contributed by atoms with E-state index in [4.69, 9.17) is 10.7 Å². The summed E-state index contributed by atoms with van der Waals surface area (Å²) in [4.78, 5) is 12.1. The molecule has 1 unspecified atom stereocenters. The van der Waals surface area contributed by atoms with Crippen LogP contribution in [-0.4, -0.2) is 20.4 Å². The van der Waals surface area contributed by atoms with Crippen molar-refractivity contribution in [1.82, 2.24) is 5.32 Å². The minimum atomic E-state index is -3.77. The molecular formula is C14H20ClNO3S. The van der Waals surface area contributed by atoms with Crippen molar-refractivity contribution in [3.8, 4) is 0 Å². The largest absolute Gasteiger partial charge is 0.350 e. The van der Waals surface area contributed by atoms with Crippen LogP contribution in [0.1, 0.15) is 43.1 Å². The molecule has 1 aromatic rings. The van der Waals surface area contributed by atoms with Crippen molar-refractivity contribution >= 4 is 25.6 Å². The SMILES string of the molecule is Cc1cc(S(=O)(=O)Cl)ccc1C(=O)NC(C)CC(C)C. The zero-order chi connectivity index (χ0) is 15.5. The van der Waals surface area contributed by atoms with E-state index in [2.05, 4.69) is 19.2 Å². The van der Waals surface area contributed by atoms with E-state index in [-0.39, 0.29) is 16.8 Å². The Labute approximate surface area is 124 Å². The third kappa shape index (κ3) is 4.80. The molecule has 4 nitrogen and oxygen atoms in total. The molecule has 0 saturated carbocycles. The van der Waals surface area contributed by atoms with E-state index in [0.29, 0.717) is 17.0 Å². The van der Waals surface area contributed by atoms with Crippen LogP contribution in [0.2, 0.25) is 0 Å². The van der Waals surface area contributed by atoms with Gasteiger partial charge in [-0.05, 0) is 49.9 Å². The predicted octanol–water partition coefficient (Wildman–Crippen LogP) is 3.09. The molecule has 0 heterocycles. The van der Waals surface area contributed by atoms with E-state index < -0.39 is 9.05 Å². The standard InChI is InChI=1S/C14H20ClNO3S/c1-9(2)7-11(4)16-14(17)13-6-5-12(8-10(13)3)20(15,18)19/h5-6,8-9,11H,7H2,1-4H3,(H,16,17). The van der Waals surface area contributed by atoms with Crippen LogP contribution in [0.3, 0.4) is 0 Å². The summed E-state index contributed by atoms with van der Waals surface area (Å²) in [7, 11) is 1.51. The summed E-state index contributed by atoms with van der Waals surface area (Å²) in [5.41, 5.74) is 1.05. The Hall–Kier alpha value is -1.07. The van der Waals surface area contributed by atoms with Gasteiger partial charge in [-0.1, -0.05) is 13.8 Å². The van der Waals surface area contributed by atoms with E-state index in [9.17, 15) is 13.2 Å². The van der Waals surface area contributed by atoms with Crippen LogP contribution >= 0.6 is 10.7 Å². The molecule has 112 valence electrons. The molecule has 0 aromatic heterocycles. The molecule has 0 saturated heterocycles. The van der Waals surface area contributed by atoms with Gasteiger partial charge in [-0.3, -0.25) is 4.79 Å². The lowest BCUT2D eigenvalue weighted by atomic mass is 10.0. The third-order valence-electron chi connectivity index (χ3n) is 2.93. The first-order valence-corrected chi connectivity index (χ1v) is 8.78. The van der Waals surface area contributed by atoms with E-state index in [1.54, 1.807) is 6.92 Å². The summed E-state index contributed by atoms with van der Waals surface area (Å²) >= 11 is 0. The molecule has 1 N–H and O–H groups in total. The highest BCUT2D eigenvalue weighted by Gasteiger charge is 2.16. The lowest BCUT2D eigenvalue weighted by Crippen LogP contribution is -2.33.